The molecule has 1 aromatic carbocycles. The van der Waals surface area contributed by atoms with Crippen molar-refractivity contribution >= 4 is 35.1 Å². The molecule has 1 aliphatic rings. The number of likely N-dealkylation sites (tertiary alicyclic amines) is 1. The van der Waals surface area contributed by atoms with Gasteiger partial charge in [0.2, 0.25) is 0 Å². The number of thioether (sulfide) groups is 1. The van der Waals surface area contributed by atoms with Gasteiger partial charge >= 0.3 is 0 Å². The zero-order valence-corrected chi connectivity index (χ0v) is 19.8. The van der Waals surface area contributed by atoms with Crippen LogP contribution >= 0.6 is 23.4 Å². The molecule has 4 aromatic rings. The third-order valence-corrected chi connectivity index (χ3v) is 6.89. The van der Waals surface area contributed by atoms with E-state index in [0.717, 1.165) is 37.3 Å². The van der Waals surface area contributed by atoms with Crippen molar-refractivity contribution in [3.8, 4) is 11.4 Å². The molecule has 1 N–H and O–H groups in total. The number of aromatic nitrogens is 4. The minimum Gasteiger partial charge on any atom is -0.467 e. The van der Waals surface area contributed by atoms with Crippen LogP contribution < -0.4 is 0 Å². The molecule has 0 unspecified atom stereocenters. The number of carbonyl (C=O) groups is 2. The van der Waals surface area contributed by atoms with Crippen molar-refractivity contribution in [2.45, 2.75) is 24.5 Å². The van der Waals surface area contributed by atoms with Gasteiger partial charge in [-0.25, -0.2) is 0 Å². The van der Waals surface area contributed by atoms with E-state index in [1.54, 1.807) is 30.7 Å². The number of amides is 1. The second-order valence-corrected chi connectivity index (χ2v) is 9.37. The zero-order valence-electron chi connectivity index (χ0n) is 18.2. The summed E-state index contributed by atoms with van der Waals surface area (Å²) in [5, 5.41) is 9.92. The smallest absolute Gasteiger partial charge is 0.270 e. The summed E-state index contributed by atoms with van der Waals surface area (Å²) in [6, 6.07) is 12.7. The number of halogens is 1. The molecule has 0 aliphatic carbocycles. The first kappa shape index (κ1) is 22.5. The summed E-state index contributed by atoms with van der Waals surface area (Å²) in [6.45, 7) is 1.95. The predicted octanol–water partition coefficient (Wildman–Crippen LogP) is 4.78. The molecule has 5 rings (SSSR count). The Morgan fingerprint density at radius 1 is 1.12 bits per heavy atom. The standard InChI is InChI=1S/C24H22ClN5O3S/c25-18-7-5-16(6-8-18)22-27-28-24(30(22)14-19-4-3-11-33-19)34-15-21(31)17-12-20(26-13-17)23(32)29-9-1-2-10-29/h3-8,11-13,26H,1-2,9-10,14-15H2. The molecular formula is C24H22ClN5O3S. The van der Waals surface area contributed by atoms with E-state index in [-0.39, 0.29) is 17.4 Å². The molecule has 0 atom stereocenters. The largest absolute Gasteiger partial charge is 0.467 e. The summed E-state index contributed by atoms with van der Waals surface area (Å²) >= 11 is 7.33. The van der Waals surface area contributed by atoms with Gasteiger partial charge in [0, 0.05) is 35.4 Å². The number of ketones is 1. The maximum atomic E-state index is 12.9. The number of benzene rings is 1. The van der Waals surface area contributed by atoms with Crippen molar-refractivity contribution < 1.29 is 14.0 Å². The van der Waals surface area contributed by atoms with Crippen LogP contribution in [0.2, 0.25) is 5.02 Å². The van der Waals surface area contributed by atoms with E-state index in [4.69, 9.17) is 16.0 Å². The number of nitrogens with zero attached hydrogens (tertiary/aromatic N) is 4. The summed E-state index contributed by atoms with van der Waals surface area (Å²) in [4.78, 5) is 30.2. The van der Waals surface area contributed by atoms with Gasteiger partial charge < -0.3 is 14.3 Å². The molecule has 0 radical (unpaired) electrons. The van der Waals surface area contributed by atoms with Gasteiger partial charge in [0.1, 0.15) is 11.5 Å². The van der Waals surface area contributed by atoms with Gasteiger partial charge in [0.25, 0.3) is 5.91 Å². The molecule has 0 bridgehead atoms. The first-order valence-corrected chi connectivity index (χ1v) is 12.3. The van der Waals surface area contributed by atoms with Crippen LogP contribution in [0.15, 0.2) is 64.5 Å². The predicted molar refractivity (Wildman–Crippen MR) is 129 cm³/mol. The Morgan fingerprint density at radius 2 is 1.91 bits per heavy atom. The van der Waals surface area contributed by atoms with E-state index in [0.29, 0.717) is 33.8 Å². The number of H-pyrrole nitrogens is 1. The van der Waals surface area contributed by atoms with Crippen LogP contribution in [0.25, 0.3) is 11.4 Å². The lowest BCUT2D eigenvalue weighted by Gasteiger charge is -2.13. The minimum atomic E-state index is -0.0951. The van der Waals surface area contributed by atoms with Gasteiger partial charge in [0.05, 0.1) is 18.6 Å². The van der Waals surface area contributed by atoms with Gasteiger partial charge in [-0.1, -0.05) is 23.4 Å². The molecule has 1 amide bonds. The second kappa shape index (κ2) is 9.90. The average molecular weight is 496 g/mol. The molecular weight excluding hydrogens is 474 g/mol. The number of Topliss-reactive ketones (excluding diaryl/α,β-unsaturated/α-hetero) is 1. The third kappa shape index (κ3) is 4.80. The fourth-order valence-electron chi connectivity index (χ4n) is 3.89. The van der Waals surface area contributed by atoms with E-state index in [1.165, 1.54) is 11.8 Å². The zero-order chi connectivity index (χ0) is 23.5. The highest BCUT2D eigenvalue weighted by atomic mass is 35.5. The summed E-state index contributed by atoms with van der Waals surface area (Å²) in [7, 11) is 0. The molecule has 0 saturated carbocycles. The first-order valence-electron chi connectivity index (χ1n) is 10.9. The molecule has 1 aliphatic heterocycles. The van der Waals surface area contributed by atoms with Gasteiger partial charge in [-0.15, -0.1) is 10.2 Å². The van der Waals surface area contributed by atoms with Crippen molar-refractivity contribution in [2.75, 3.05) is 18.8 Å². The van der Waals surface area contributed by atoms with E-state index < -0.39 is 0 Å². The number of nitrogens with one attached hydrogen (secondary N) is 1. The normalized spacial score (nSPS) is 13.5. The number of rotatable bonds is 8. The number of furan rings is 1. The van der Waals surface area contributed by atoms with Crippen LogP contribution in [0, 0.1) is 0 Å². The van der Waals surface area contributed by atoms with Gasteiger partial charge in [-0.2, -0.15) is 0 Å². The van der Waals surface area contributed by atoms with Crippen LogP contribution in [-0.2, 0) is 6.54 Å². The monoisotopic (exact) mass is 495 g/mol. The Kier molecular flexibility index (Phi) is 6.55. The average Bonchev–Trinajstić information content (AvgIpc) is 3.66. The number of hydrogen-bond donors (Lipinski definition) is 1. The lowest BCUT2D eigenvalue weighted by atomic mass is 10.2. The van der Waals surface area contributed by atoms with Crippen molar-refractivity contribution in [3.05, 3.63) is 77.0 Å². The Bertz CT molecular complexity index is 1290. The highest BCUT2D eigenvalue weighted by molar-refractivity contribution is 7.99. The van der Waals surface area contributed by atoms with Crippen molar-refractivity contribution in [2.24, 2.45) is 0 Å². The molecule has 174 valence electrons. The van der Waals surface area contributed by atoms with Crippen LogP contribution in [0.5, 0.6) is 0 Å². The van der Waals surface area contributed by atoms with Gasteiger partial charge in [-0.3, -0.25) is 14.2 Å². The quantitative estimate of drug-likeness (QED) is 0.279. The van der Waals surface area contributed by atoms with Gasteiger partial charge in [0.15, 0.2) is 16.8 Å². The lowest BCUT2D eigenvalue weighted by molar-refractivity contribution is 0.0787. The summed E-state index contributed by atoms with van der Waals surface area (Å²) in [5.74, 6) is 1.41. The van der Waals surface area contributed by atoms with E-state index >= 15 is 0 Å². The fourth-order valence-corrected chi connectivity index (χ4v) is 4.85. The highest BCUT2D eigenvalue weighted by Crippen LogP contribution is 2.27. The summed E-state index contributed by atoms with van der Waals surface area (Å²) in [5.41, 5.74) is 1.78. The molecule has 10 heteroatoms. The molecule has 4 heterocycles. The Hall–Kier alpha value is -3.30. The van der Waals surface area contributed by atoms with E-state index in [9.17, 15) is 9.59 Å². The minimum absolute atomic E-state index is 0.0602. The van der Waals surface area contributed by atoms with Crippen LogP contribution in [0.3, 0.4) is 0 Å². The molecule has 0 spiro atoms. The van der Waals surface area contributed by atoms with Crippen molar-refractivity contribution in [3.63, 3.8) is 0 Å². The first-order chi connectivity index (χ1) is 16.6. The van der Waals surface area contributed by atoms with Crippen molar-refractivity contribution in [1.29, 1.82) is 0 Å². The summed E-state index contributed by atoms with van der Waals surface area (Å²) < 4.78 is 7.44. The topological polar surface area (TPSA) is 97.0 Å². The van der Waals surface area contributed by atoms with Crippen LogP contribution in [-0.4, -0.2) is 55.2 Å². The fraction of sp³-hybridized carbons (Fsp3) is 0.250. The second-order valence-electron chi connectivity index (χ2n) is 7.99. The lowest BCUT2D eigenvalue weighted by Crippen LogP contribution is -2.27. The molecule has 8 nitrogen and oxygen atoms in total. The molecule has 3 aromatic heterocycles. The molecule has 1 saturated heterocycles. The van der Waals surface area contributed by atoms with Crippen LogP contribution in [0.4, 0.5) is 0 Å². The van der Waals surface area contributed by atoms with E-state index in [1.807, 2.05) is 33.7 Å². The summed E-state index contributed by atoms with van der Waals surface area (Å²) in [6.07, 6.45) is 5.25. The Labute approximate surface area is 205 Å². The Balaban J connectivity index is 1.32. The maximum Gasteiger partial charge on any atom is 0.270 e. The number of aromatic amines is 1. The Morgan fingerprint density at radius 3 is 2.65 bits per heavy atom. The molecule has 1 fully saturated rings. The third-order valence-electron chi connectivity index (χ3n) is 5.67. The van der Waals surface area contributed by atoms with Gasteiger partial charge in [-0.05, 0) is 55.3 Å². The van der Waals surface area contributed by atoms with Crippen LogP contribution in [0.1, 0.15) is 39.4 Å². The highest BCUT2D eigenvalue weighted by Gasteiger charge is 2.22. The maximum absolute atomic E-state index is 12.9. The van der Waals surface area contributed by atoms with E-state index in [2.05, 4.69) is 15.2 Å². The SMILES string of the molecule is O=C(CSc1nnc(-c2ccc(Cl)cc2)n1Cc1ccco1)c1c[nH]c(C(=O)N2CCCC2)c1. The number of carbonyl (C=O) groups excluding carboxylic acids is 2. The van der Waals surface area contributed by atoms with Crippen molar-refractivity contribution in [1.82, 2.24) is 24.6 Å². The number of hydrogen-bond acceptors (Lipinski definition) is 6. The molecule has 34 heavy (non-hydrogen) atoms.